The van der Waals surface area contributed by atoms with Crippen molar-refractivity contribution in [3.63, 3.8) is 0 Å². The SMILES string of the molecule is COc1cccc(SCCOc2ccccc2N)c1. The van der Waals surface area contributed by atoms with Crippen molar-refractivity contribution in [2.75, 3.05) is 25.2 Å². The van der Waals surface area contributed by atoms with E-state index in [2.05, 4.69) is 6.07 Å². The Bertz CT molecular complexity index is 531. The van der Waals surface area contributed by atoms with Gasteiger partial charge in [0, 0.05) is 10.6 Å². The molecule has 0 aromatic heterocycles. The van der Waals surface area contributed by atoms with E-state index in [-0.39, 0.29) is 0 Å². The standard InChI is InChI=1S/C15H17NO2S/c1-17-12-5-4-6-13(11-12)19-10-9-18-15-8-3-2-7-14(15)16/h2-8,11H,9-10,16H2,1H3. The number of anilines is 1. The van der Waals surface area contributed by atoms with Crippen LogP contribution < -0.4 is 15.2 Å². The molecular formula is C15H17NO2S. The minimum Gasteiger partial charge on any atom is -0.497 e. The molecule has 4 heteroatoms. The first-order valence-electron chi connectivity index (χ1n) is 6.04. The number of ether oxygens (including phenoxy) is 2. The first-order valence-corrected chi connectivity index (χ1v) is 7.02. The first-order chi connectivity index (χ1) is 9.29. The predicted molar refractivity (Wildman–Crippen MR) is 80.1 cm³/mol. The normalized spacial score (nSPS) is 10.2. The van der Waals surface area contributed by atoms with Gasteiger partial charge < -0.3 is 15.2 Å². The third-order valence-electron chi connectivity index (χ3n) is 2.57. The van der Waals surface area contributed by atoms with E-state index in [1.54, 1.807) is 18.9 Å². The van der Waals surface area contributed by atoms with Crippen molar-refractivity contribution >= 4 is 17.4 Å². The van der Waals surface area contributed by atoms with Gasteiger partial charge >= 0.3 is 0 Å². The van der Waals surface area contributed by atoms with Gasteiger partial charge in [0.25, 0.3) is 0 Å². The van der Waals surface area contributed by atoms with E-state index in [1.807, 2.05) is 42.5 Å². The van der Waals surface area contributed by atoms with Crippen LogP contribution in [0.4, 0.5) is 5.69 Å². The topological polar surface area (TPSA) is 44.5 Å². The maximum atomic E-state index is 5.80. The maximum Gasteiger partial charge on any atom is 0.142 e. The van der Waals surface area contributed by atoms with Gasteiger partial charge in [0.05, 0.1) is 19.4 Å². The summed E-state index contributed by atoms with van der Waals surface area (Å²) < 4.78 is 10.8. The fraction of sp³-hybridized carbons (Fsp3) is 0.200. The minimum atomic E-state index is 0.621. The van der Waals surface area contributed by atoms with Gasteiger partial charge in [-0.25, -0.2) is 0 Å². The molecule has 2 aromatic carbocycles. The summed E-state index contributed by atoms with van der Waals surface area (Å²) >= 11 is 1.73. The van der Waals surface area contributed by atoms with Crippen LogP contribution in [0, 0.1) is 0 Å². The van der Waals surface area contributed by atoms with Gasteiger partial charge in [-0.3, -0.25) is 0 Å². The number of para-hydroxylation sites is 2. The molecule has 0 aliphatic rings. The van der Waals surface area contributed by atoms with Crippen molar-refractivity contribution in [3.8, 4) is 11.5 Å². The van der Waals surface area contributed by atoms with Crippen molar-refractivity contribution in [1.82, 2.24) is 0 Å². The van der Waals surface area contributed by atoms with Crippen LogP contribution in [-0.4, -0.2) is 19.5 Å². The second kappa shape index (κ2) is 6.95. The summed E-state index contributed by atoms with van der Waals surface area (Å²) in [6.07, 6.45) is 0. The van der Waals surface area contributed by atoms with Crippen LogP contribution in [-0.2, 0) is 0 Å². The molecule has 0 amide bonds. The largest absolute Gasteiger partial charge is 0.497 e. The zero-order valence-electron chi connectivity index (χ0n) is 10.8. The van der Waals surface area contributed by atoms with Crippen LogP contribution in [0.3, 0.4) is 0 Å². The van der Waals surface area contributed by atoms with Gasteiger partial charge in [-0.1, -0.05) is 18.2 Å². The van der Waals surface area contributed by atoms with E-state index in [1.165, 1.54) is 4.90 Å². The third kappa shape index (κ3) is 4.10. The van der Waals surface area contributed by atoms with Crippen LogP contribution >= 0.6 is 11.8 Å². The fourth-order valence-corrected chi connectivity index (χ4v) is 2.39. The molecule has 0 fully saturated rings. The molecule has 0 heterocycles. The minimum absolute atomic E-state index is 0.621. The van der Waals surface area contributed by atoms with Crippen molar-refractivity contribution in [2.45, 2.75) is 4.90 Å². The Labute approximate surface area is 117 Å². The van der Waals surface area contributed by atoms with Crippen LogP contribution in [0.1, 0.15) is 0 Å². The zero-order valence-corrected chi connectivity index (χ0v) is 11.7. The lowest BCUT2D eigenvalue weighted by Gasteiger charge is -2.08. The van der Waals surface area contributed by atoms with E-state index < -0.39 is 0 Å². The molecule has 0 spiro atoms. The Morgan fingerprint density at radius 1 is 1.11 bits per heavy atom. The van der Waals surface area contributed by atoms with Gasteiger partial charge in [-0.2, -0.15) is 0 Å². The monoisotopic (exact) mass is 275 g/mol. The first kappa shape index (κ1) is 13.6. The smallest absolute Gasteiger partial charge is 0.142 e. The summed E-state index contributed by atoms with van der Waals surface area (Å²) in [7, 11) is 1.67. The number of thioether (sulfide) groups is 1. The molecule has 2 rings (SSSR count). The van der Waals surface area contributed by atoms with E-state index >= 15 is 0 Å². The van der Waals surface area contributed by atoms with E-state index in [0.717, 1.165) is 17.3 Å². The lowest BCUT2D eigenvalue weighted by molar-refractivity contribution is 0.346. The zero-order chi connectivity index (χ0) is 13.5. The highest BCUT2D eigenvalue weighted by atomic mass is 32.2. The summed E-state index contributed by atoms with van der Waals surface area (Å²) in [5, 5.41) is 0. The number of nitrogen functional groups attached to an aromatic ring is 1. The molecular weight excluding hydrogens is 258 g/mol. The second-order valence-electron chi connectivity index (χ2n) is 3.91. The maximum absolute atomic E-state index is 5.80. The lowest BCUT2D eigenvalue weighted by Crippen LogP contribution is -2.02. The van der Waals surface area contributed by atoms with E-state index in [4.69, 9.17) is 15.2 Å². The number of methoxy groups -OCH3 is 1. The van der Waals surface area contributed by atoms with Crippen molar-refractivity contribution in [3.05, 3.63) is 48.5 Å². The highest BCUT2D eigenvalue weighted by Gasteiger charge is 2.00. The quantitative estimate of drug-likeness (QED) is 0.498. The molecule has 0 saturated carbocycles. The highest BCUT2D eigenvalue weighted by molar-refractivity contribution is 7.99. The molecule has 0 unspecified atom stereocenters. The van der Waals surface area contributed by atoms with Gasteiger partial charge in [0.2, 0.25) is 0 Å². The number of nitrogens with two attached hydrogens (primary N) is 1. The summed E-state index contributed by atoms with van der Waals surface area (Å²) in [5.41, 5.74) is 6.48. The Morgan fingerprint density at radius 3 is 2.74 bits per heavy atom. The molecule has 100 valence electrons. The van der Waals surface area contributed by atoms with Gasteiger partial charge in [0.15, 0.2) is 0 Å². The molecule has 19 heavy (non-hydrogen) atoms. The lowest BCUT2D eigenvalue weighted by atomic mass is 10.3. The third-order valence-corrected chi connectivity index (χ3v) is 3.53. The molecule has 0 aliphatic heterocycles. The average Bonchev–Trinajstić information content (AvgIpc) is 2.45. The van der Waals surface area contributed by atoms with Crippen molar-refractivity contribution in [2.24, 2.45) is 0 Å². The van der Waals surface area contributed by atoms with Crippen molar-refractivity contribution in [1.29, 1.82) is 0 Å². The summed E-state index contributed by atoms with van der Waals surface area (Å²) in [5.74, 6) is 2.48. The van der Waals surface area contributed by atoms with E-state index in [9.17, 15) is 0 Å². The molecule has 0 aliphatic carbocycles. The van der Waals surface area contributed by atoms with Gasteiger partial charge in [0.1, 0.15) is 11.5 Å². The molecule has 0 atom stereocenters. The molecule has 2 aromatic rings. The number of rotatable bonds is 6. The fourth-order valence-electron chi connectivity index (χ4n) is 1.61. The number of hydrogen-bond acceptors (Lipinski definition) is 4. The second-order valence-corrected chi connectivity index (χ2v) is 5.08. The molecule has 0 bridgehead atoms. The van der Waals surface area contributed by atoms with Crippen LogP contribution in [0.15, 0.2) is 53.4 Å². The average molecular weight is 275 g/mol. The molecule has 0 saturated heterocycles. The van der Waals surface area contributed by atoms with Crippen molar-refractivity contribution < 1.29 is 9.47 Å². The Morgan fingerprint density at radius 2 is 1.95 bits per heavy atom. The summed E-state index contributed by atoms with van der Waals surface area (Å²) in [6, 6.07) is 15.5. The van der Waals surface area contributed by atoms with Gasteiger partial charge in [-0.15, -0.1) is 11.8 Å². The highest BCUT2D eigenvalue weighted by Crippen LogP contribution is 2.24. The summed E-state index contributed by atoms with van der Waals surface area (Å²) in [6.45, 7) is 0.621. The Hall–Kier alpha value is -1.81. The predicted octanol–water partition coefficient (Wildman–Crippen LogP) is 3.45. The van der Waals surface area contributed by atoms with Crippen LogP contribution in [0.25, 0.3) is 0 Å². The Kier molecular flexibility index (Phi) is 4.98. The summed E-state index contributed by atoms with van der Waals surface area (Å²) in [4.78, 5) is 1.17. The van der Waals surface area contributed by atoms with Crippen LogP contribution in [0.5, 0.6) is 11.5 Å². The number of benzene rings is 2. The Balaban J connectivity index is 1.79. The van der Waals surface area contributed by atoms with E-state index in [0.29, 0.717) is 12.3 Å². The molecule has 2 N–H and O–H groups in total. The van der Waals surface area contributed by atoms with Gasteiger partial charge in [-0.05, 0) is 30.3 Å². The van der Waals surface area contributed by atoms with Crippen LogP contribution in [0.2, 0.25) is 0 Å². The molecule has 0 radical (unpaired) electrons. The molecule has 3 nitrogen and oxygen atoms in total. The number of hydrogen-bond donors (Lipinski definition) is 1.